The van der Waals surface area contributed by atoms with Gasteiger partial charge in [-0.3, -0.25) is 9.59 Å². The standard InChI is InChI=1S/C12H21N3O4/c1-3-15(8(2)7-10(16)17)12(19)14-9-5-4-6-13-11(9)18/h8-9H,3-7H2,1-2H3,(H,13,18)(H,14,19)(H,16,17). The summed E-state index contributed by atoms with van der Waals surface area (Å²) in [5, 5.41) is 14.1. The van der Waals surface area contributed by atoms with Crippen LogP contribution in [-0.2, 0) is 9.59 Å². The van der Waals surface area contributed by atoms with E-state index in [1.54, 1.807) is 13.8 Å². The summed E-state index contributed by atoms with van der Waals surface area (Å²) in [5.41, 5.74) is 0. The highest BCUT2D eigenvalue weighted by Gasteiger charge is 2.27. The average Bonchev–Trinajstić information content (AvgIpc) is 2.32. The van der Waals surface area contributed by atoms with Crippen LogP contribution in [0.25, 0.3) is 0 Å². The number of aliphatic carboxylic acids is 1. The second-order valence-electron chi connectivity index (χ2n) is 4.67. The van der Waals surface area contributed by atoms with E-state index < -0.39 is 24.1 Å². The second-order valence-corrected chi connectivity index (χ2v) is 4.67. The van der Waals surface area contributed by atoms with Crippen LogP contribution in [-0.4, -0.2) is 53.1 Å². The fraction of sp³-hybridized carbons (Fsp3) is 0.750. The Bertz CT molecular complexity index is 359. The van der Waals surface area contributed by atoms with Gasteiger partial charge >= 0.3 is 12.0 Å². The molecule has 2 unspecified atom stereocenters. The van der Waals surface area contributed by atoms with Crippen molar-refractivity contribution >= 4 is 17.9 Å². The Morgan fingerprint density at radius 3 is 2.79 bits per heavy atom. The van der Waals surface area contributed by atoms with E-state index in [1.807, 2.05) is 0 Å². The number of piperidine rings is 1. The minimum atomic E-state index is -0.950. The van der Waals surface area contributed by atoms with Gasteiger partial charge in [0.2, 0.25) is 5.91 Å². The van der Waals surface area contributed by atoms with Crippen LogP contribution < -0.4 is 10.6 Å². The molecule has 0 saturated carbocycles. The molecule has 108 valence electrons. The van der Waals surface area contributed by atoms with E-state index in [4.69, 9.17) is 5.11 Å². The quantitative estimate of drug-likeness (QED) is 0.663. The van der Waals surface area contributed by atoms with E-state index >= 15 is 0 Å². The summed E-state index contributed by atoms with van der Waals surface area (Å²) in [5.74, 6) is -1.13. The molecule has 7 nitrogen and oxygen atoms in total. The monoisotopic (exact) mass is 271 g/mol. The number of carbonyl (C=O) groups excluding carboxylic acids is 2. The third kappa shape index (κ3) is 4.42. The van der Waals surface area contributed by atoms with Crippen molar-refractivity contribution in [3.8, 4) is 0 Å². The van der Waals surface area contributed by atoms with Crippen LogP contribution in [0.1, 0.15) is 33.1 Å². The Kier molecular flexibility index (Phi) is 5.59. The van der Waals surface area contributed by atoms with Gasteiger partial charge in [-0.1, -0.05) is 0 Å². The molecule has 0 radical (unpaired) electrons. The predicted molar refractivity (Wildman–Crippen MR) is 68.7 cm³/mol. The molecule has 2 atom stereocenters. The Labute approximate surface area is 112 Å². The average molecular weight is 271 g/mol. The maximum atomic E-state index is 12.1. The summed E-state index contributed by atoms with van der Waals surface area (Å²) in [7, 11) is 0. The molecule has 1 aliphatic heterocycles. The maximum absolute atomic E-state index is 12.1. The van der Waals surface area contributed by atoms with Gasteiger partial charge in [0.15, 0.2) is 0 Å². The number of carboxylic acid groups (broad SMARTS) is 1. The summed E-state index contributed by atoms with van der Waals surface area (Å²) in [6, 6.07) is -1.32. The van der Waals surface area contributed by atoms with Crippen molar-refractivity contribution in [1.29, 1.82) is 0 Å². The van der Waals surface area contributed by atoms with Gasteiger partial charge in [-0.15, -0.1) is 0 Å². The first-order valence-electron chi connectivity index (χ1n) is 6.52. The molecule has 0 aliphatic carbocycles. The predicted octanol–water partition coefficient (Wildman–Crippen LogP) is 0.160. The molecule has 7 heteroatoms. The second kappa shape index (κ2) is 6.96. The molecule has 3 N–H and O–H groups in total. The molecule has 3 amide bonds. The first-order chi connectivity index (χ1) is 8.95. The van der Waals surface area contributed by atoms with Crippen LogP contribution in [0.15, 0.2) is 0 Å². The number of carboxylic acids is 1. The van der Waals surface area contributed by atoms with Crippen molar-refractivity contribution in [2.75, 3.05) is 13.1 Å². The van der Waals surface area contributed by atoms with Gasteiger partial charge in [0.25, 0.3) is 0 Å². The highest BCUT2D eigenvalue weighted by molar-refractivity contribution is 5.87. The fourth-order valence-electron chi connectivity index (χ4n) is 2.16. The van der Waals surface area contributed by atoms with Crippen LogP contribution in [0, 0.1) is 0 Å². The highest BCUT2D eigenvalue weighted by Crippen LogP contribution is 2.07. The Morgan fingerprint density at radius 2 is 2.26 bits per heavy atom. The van der Waals surface area contributed by atoms with Crippen LogP contribution in [0.5, 0.6) is 0 Å². The molecule has 0 bridgehead atoms. The molecule has 0 aromatic heterocycles. The summed E-state index contributed by atoms with van der Waals surface area (Å²) in [6.45, 7) is 4.49. The van der Waals surface area contributed by atoms with Crippen molar-refractivity contribution in [3.05, 3.63) is 0 Å². The molecule has 1 rings (SSSR count). The van der Waals surface area contributed by atoms with Gasteiger partial charge in [-0.25, -0.2) is 4.79 Å². The number of rotatable bonds is 5. The number of nitrogens with zero attached hydrogens (tertiary/aromatic N) is 1. The Hall–Kier alpha value is -1.79. The van der Waals surface area contributed by atoms with Gasteiger partial charge in [0.05, 0.1) is 6.42 Å². The zero-order valence-electron chi connectivity index (χ0n) is 11.3. The molecule has 1 heterocycles. The minimum absolute atomic E-state index is 0.113. The lowest BCUT2D eigenvalue weighted by molar-refractivity contribution is -0.138. The van der Waals surface area contributed by atoms with E-state index in [2.05, 4.69) is 10.6 Å². The van der Waals surface area contributed by atoms with Gasteiger partial charge in [-0.2, -0.15) is 0 Å². The van der Waals surface area contributed by atoms with Gasteiger partial charge < -0.3 is 20.6 Å². The van der Waals surface area contributed by atoms with Crippen molar-refractivity contribution < 1.29 is 19.5 Å². The molecule has 0 spiro atoms. The smallest absolute Gasteiger partial charge is 0.318 e. The van der Waals surface area contributed by atoms with Crippen molar-refractivity contribution in [2.24, 2.45) is 0 Å². The maximum Gasteiger partial charge on any atom is 0.318 e. The van der Waals surface area contributed by atoms with Gasteiger partial charge in [0.1, 0.15) is 6.04 Å². The third-order valence-electron chi connectivity index (χ3n) is 3.19. The van der Waals surface area contributed by atoms with Crippen molar-refractivity contribution in [3.63, 3.8) is 0 Å². The fourth-order valence-corrected chi connectivity index (χ4v) is 2.16. The first-order valence-corrected chi connectivity index (χ1v) is 6.52. The molecule has 1 fully saturated rings. The lowest BCUT2D eigenvalue weighted by Gasteiger charge is -2.30. The number of nitrogens with one attached hydrogen (secondary N) is 2. The summed E-state index contributed by atoms with van der Waals surface area (Å²) >= 11 is 0. The van der Waals surface area contributed by atoms with Crippen LogP contribution in [0.3, 0.4) is 0 Å². The molecule has 0 aromatic rings. The molecular weight excluding hydrogens is 250 g/mol. The van der Waals surface area contributed by atoms with Crippen LogP contribution in [0.2, 0.25) is 0 Å². The first kappa shape index (κ1) is 15.3. The largest absolute Gasteiger partial charge is 0.481 e. The normalized spacial score (nSPS) is 20.3. The molecule has 1 saturated heterocycles. The topological polar surface area (TPSA) is 98.7 Å². The Morgan fingerprint density at radius 1 is 1.58 bits per heavy atom. The Balaban J connectivity index is 2.57. The van der Waals surface area contributed by atoms with Gasteiger partial charge in [0, 0.05) is 19.1 Å². The van der Waals surface area contributed by atoms with Gasteiger partial charge in [-0.05, 0) is 26.7 Å². The van der Waals surface area contributed by atoms with E-state index in [1.165, 1.54) is 4.90 Å². The van der Waals surface area contributed by atoms with E-state index in [0.29, 0.717) is 19.5 Å². The van der Waals surface area contributed by atoms with Crippen molar-refractivity contribution in [1.82, 2.24) is 15.5 Å². The summed E-state index contributed by atoms with van der Waals surface area (Å²) < 4.78 is 0. The molecule has 0 aromatic carbocycles. The number of carbonyl (C=O) groups is 3. The van der Waals surface area contributed by atoms with Crippen LogP contribution >= 0.6 is 0 Å². The highest BCUT2D eigenvalue weighted by atomic mass is 16.4. The zero-order chi connectivity index (χ0) is 14.4. The molecular formula is C12H21N3O4. The lowest BCUT2D eigenvalue weighted by Crippen LogP contribution is -2.55. The SMILES string of the molecule is CCN(C(=O)NC1CCCNC1=O)C(C)CC(=O)O. The number of hydrogen-bond donors (Lipinski definition) is 3. The molecule has 1 aliphatic rings. The third-order valence-corrected chi connectivity index (χ3v) is 3.19. The molecule has 19 heavy (non-hydrogen) atoms. The lowest BCUT2D eigenvalue weighted by atomic mass is 10.1. The summed E-state index contributed by atoms with van der Waals surface area (Å²) in [4.78, 5) is 35.7. The van der Waals surface area contributed by atoms with E-state index in [0.717, 1.165) is 6.42 Å². The number of hydrogen-bond acceptors (Lipinski definition) is 3. The zero-order valence-corrected chi connectivity index (χ0v) is 11.3. The minimum Gasteiger partial charge on any atom is -0.481 e. The number of amides is 3. The van der Waals surface area contributed by atoms with Crippen molar-refractivity contribution in [2.45, 2.75) is 45.2 Å². The van der Waals surface area contributed by atoms with E-state index in [9.17, 15) is 14.4 Å². The summed E-state index contributed by atoms with van der Waals surface area (Å²) in [6.07, 6.45) is 1.33. The van der Waals surface area contributed by atoms with Crippen LogP contribution in [0.4, 0.5) is 4.79 Å². The number of urea groups is 1. The van der Waals surface area contributed by atoms with E-state index in [-0.39, 0.29) is 12.3 Å².